The topological polar surface area (TPSA) is 6.48 Å². The molecular formula is C68H74N2P4. The van der Waals surface area contributed by atoms with E-state index in [1.807, 2.05) is 0 Å². The first-order valence-electron chi connectivity index (χ1n) is 28.3. The predicted octanol–water partition coefficient (Wildman–Crippen LogP) is 19.2. The summed E-state index contributed by atoms with van der Waals surface area (Å²) in [5.41, 5.74) is 12.0. The van der Waals surface area contributed by atoms with Crippen LogP contribution in [0.25, 0.3) is 10.8 Å². The first kappa shape index (κ1) is 50.5. The van der Waals surface area contributed by atoms with Crippen molar-refractivity contribution < 1.29 is 0 Å². The molecule has 6 unspecified atom stereocenters. The van der Waals surface area contributed by atoms with Gasteiger partial charge in [-0.15, -0.1) is 0 Å². The maximum Gasteiger partial charge on any atom is 0.0324 e. The highest BCUT2D eigenvalue weighted by Crippen LogP contribution is 2.82. The highest BCUT2D eigenvalue weighted by molar-refractivity contribution is 7.80. The Kier molecular flexibility index (Phi) is 16.0. The standard InChI is InChI=1S/C68H74N2P4/c1-3-5-48-69(72-62(51-28-12-7-13-29-51)46-47-63(72)52-30-14-8-15-31-52)71(55-36-20-11-21-37-55)64-45-27-41-56-57(40-26-42-58(56)64)61-50-67(53-32-16-9-17-33-53)74(68(61)54-34-18-10-19-35-54)70(49-6-4-2)73-65-43-24-22-38-59(65)60-39-23-25-44-66(60)73/h7-22,24,26-38,40-43,45,60-63,66-68H,3-6,23,25,39,44,46-50H2,1-2H3/t60?,61?,62-,63-,66?,67-,68+,71?,73?,74?/m0/s1. The zero-order valence-corrected chi connectivity index (χ0v) is 47.2. The van der Waals surface area contributed by atoms with Crippen molar-refractivity contribution in [1.29, 1.82) is 0 Å². The van der Waals surface area contributed by atoms with Gasteiger partial charge in [-0.3, -0.25) is 8.88 Å². The third kappa shape index (κ3) is 9.86. The van der Waals surface area contributed by atoms with E-state index in [0.717, 1.165) is 12.2 Å². The summed E-state index contributed by atoms with van der Waals surface area (Å²) in [5.74, 6) is 1.08. The van der Waals surface area contributed by atoms with E-state index in [1.165, 1.54) is 110 Å². The molecule has 0 amide bonds. The third-order valence-corrected chi connectivity index (χ3v) is 30.9. The van der Waals surface area contributed by atoms with E-state index < -0.39 is 32.3 Å². The van der Waals surface area contributed by atoms with Gasteiger partial charge in [-0.05, 0) is 128 Å². The Labute approximate surface area is 448 Å². The Morgan fingerprint density at radius 3 is 1.62 bits per heavy atom. The number of unbranched alkanes of at least 4 members (excludes halogenated alkanes) is 2. The summed E-state index contributed by atoms with van der Waals surface area (Å²) in [5, 5.41) is 7.66. The molecule has 0 aromatic heterocycles. The van der Waals surface area contributed by atoms with Gasteiger partial charge in [-0.25, -0.2) is 0 Å². The maximum atomic E-state index is 3.28. The molecule has 3 fully saturated rings. The average Bonchev–Trinajstić information content (AvgIpc) is 4.19. The molecule has 3 aliphatic heterocycles. The fourth-order valence-corrected chi connectivity index (χ4v) is 30.3. The van der Waals surface area contributed by atoms with Crippen LogP contribution in [0.5, 0.6) is 0 Å². The number of nitrogens with zero attached hydrogens (tertiary/aromatic N) is 2. The van der Waals surface area contributed by atoms with Crippen LogP contribution in [0.2, 0.25) is 0 Å². The summed E-state index contributed by atoms with van der Waals surface area (Å²) in [6.07, 6.45) is 14.0. The second kappa shape index (κ2) is 23.5. The van der Waals surface area contributed by atoms with E-state index in [4.69, 9.17) is 0 Å². The number of benzene rings is 8. The quantitative estimate of drug-likeness (QED) is 0.0839. The summed E-state index contributed by atoms with van der Waals surface area (Å²) in [6.45, 7) is 7.11. The van der Waals surface area contributed by atoms with Crippen LogP contribution in [0.3, 0.4) is 0 Å². The van der Waals surface area contributed by atoms with E-state index in [-0.39, 0.29) is 0 Å². The zero-order chi connectivity index (χ0) is 49.8. The van der Waals surface area contributed by atoms with Gasteiger partial charge in [0.15, 0.2) is 0 Å². The normalized spacial score (nSPS) is 25.1. The van der Waals surface area contributed by atoms with Crippen LogP contribution >= 0.6 is 32.3 Å². The van der Waals surface area contributed by atoms with Crippen LogP contribution in [-0.4, -0.2) is 27.6 Å². The number of fused-ring (bicyclic) bond motifs is 4. The molecule has 0 radical (unpaired) electrons. The van der Waals surface area contributed by atoms with Crippen molar-refractivity contribution in [1.82, 2.24) is 8.88 Å². The molecule has 0 N–H and O–H groups in total. The summed E-state index contributed by atoms with van der Waals surface area (Å²) < 4.78 is 6.43. The number of hydrogen-bond donors (Lipinski definition) is 0. The fourth-order valence-electron chi connectivity index (χ4n) is 13.9. The Bertz CT molecular complexity index is 3020. The molecule has 12 rings (SSSR count). The molecule has 1 aliphatic carbocycles. The van der Waals surface area contributed by atoms with Gasteiger partial charge in [0.05, 0.1) is 0 Å². The van der Waals surface area contributed by atoms with Crippen molar-refractivity contribution in [2.45, 2.75) is 125 Å². The first-order chi connectivity index (χ1) is 36.7. The second-order valence-electron chi connectivity index (χ2n) is 21.4. The maximum absolute atomic E-state index is 3.28. The lowest BCUT2D eigenvalue weighted by Gasteiger charge is -2.45. The zero-order valence-electron chi connectivity index (χ0n) is 43.6. The van der Waals surface area contributed by atoms with Crippen LogP contribution < -0.4 is 15.9 Å². The molecule has 8 aromatic rings. The predicted molar refractivity (Wildman–Crippen MR) is 325 cm³/mol. The lowest BCUT2D eigenvalue weighted by molar-refractivity contribution is 0.453. The number of hydrogen-bond acceptors (Lipinski definition) is 2. The van der Waals surface area contributed by atoms with Gasteiger partial charge in [-0.2, -0.15) is 0 Å². The molecule has 10 atom stereocenters. The molecule has 2 saturated heterocycles. The summed E-state index contributed by atoms with van der Waals surface area (Å²) in [6, 6.07) is 83.9. The third-order valence-electron chi connectivity index (χ3n) is 17.1. The van der Waals surface area contributed by atoms with Crippen LogP contribution in [0.15, 0.2) is 212 Å². The molecule has 0 bridgehead atoms. The van der Waals surface area contributed by atoms with Gasteiger partial charge in [0.1, 0.15) is 0 Å². The van der Waals surface area contributed by atoms with Crippen molar-refractivity contribution in [3.8, 4) is 0 Å². The largest absolute Gasteiger partial charge is 0.255 e. The smallest absolute Gasteiger partial charge is 0.0324 e. The minimum atomic E-state index is -0.899. The van der Waals surface area contributed by atoms with E-state index in [0.29, 0.717) is 34.5 Å². The highest BCUT2D eigenvalue weighted by Gasteiger charge is 2.54. The Morgan fingerprint density at radius 1 is 0.446 bits per heavy atom. The molecule has 74 heavy (non-hydrogen) atoms. The summed E-state index contributed by atoms with van der Waals surface area (Å²) >= 11 is 0. The van der Waals surface area contributed by atoms with Gasteiger partial charge >= 0.3 is 0 Å². The molecule has 1 saturated carbocycles. The van der Waals surface area contributed by atoms with Crippen molar-refractivity contribution in [2.24, 2.45) is 0 Å². The van der Waals surface area contributed by atoms with Crippen LogP contribution in [0.4, 0.5) is 0 Å². The van der Waals surface area contributed by atoms with E-state index in [1.54, 1.807) is 27.6 Å². The Balaban J connectivity index is 1.04. The van der Waals surface area contributed by atoms with Crippen LogP contribution in [0, 0.1) is 0 Å². The lowest BCUT2D eigenvalue weighted by atomic mass is 9.84. The summed E-state index contributed by atoms with van der Waals surface area (Å²) in [7, 11) is -2.67. The lowest BCUT2D eigenvalue weighted by Crippen LogP contribution is -2.28. The fraction of sp³-hybridized carbons (Fsp3) is 0.324. The van der Waals surface area contributed by atoms with Crippen molar-refractivity contribution in [3.63, 3.8) is 0 Å². The first-order valence-corrected chi connectivity index (χ1v) is 33.8. The van der Waals surface area contributed by atoms with Crippen molar-refractivity contribution in [2.75, 3.05) is 13.1 Å². The molecule has 0 spiro atoms. The van der Waals surface area contributed by atoms with E-state index >= 15 is 0 Å². The SMILES string of the molecule is CCCCN(P(c1ccccc1)c1cccc2c(C3C[C@@H](c4ccccc4)P(N(CCCC)P4c5ccccc5C5CCCCC54)[C@@H]3c3ccccc3)cccc12)P1[C@H](c2ccccc2)CC[C@H]1c1ccccc1. The minimum Gasteiger partial charge on any atom is -0.255 e. The highest BCUT2D eigenvalue weighted by atomic mass is 31.2. The molecule has 6 heteroatoms. The Hall–Kier alpha value is -4.34. The Morgan fingerprint density at radius 2 is 0.973 bits per heavy atom. The van der Waals surface area contributed by atoms with Gasteiger partial charge in [-0.1, -0.05) is 252 Å². The monoisotopic (exact) mass is 1040 g/mol. The van der Waals surface area contributed by atoms with Gasteiger partial charge < -0.3 is 0 Å². The van der Waals surface area contributed by atoms with Gasteiger partial charge in [0.25, 0.3) is 0 Å². The molecular weight excluding hydrogens is 969 g/mol. The summed E-state index contributed by atoms with van der Waals surface area (Å²) in [4.78, 5) is 0. The van der Waals surface area contributed by atoms with E-state index in [2.05, 4.69) is 235 Å². The van der Waals surface area contributed by atoms with Gasteiger partial charge in [0.2, 0.25) is 0 Å². The second-order valence-corrected chi connectivity index (χ2v) is 31.4. The van der Waals surface area contributed by atoms with Crippen molar-refractivity contribution >= 4 is 59.0 Å². The van der Waals surface area contributed by atoms with E-state index in [9.17, 15) is 0 Å². The molecule has 376 valence electrons. The molecule has 4 aliphatic rings. The van der Waals surface area contributed by atoms with Crippen LogP contribution in [0.1, 0.15) is 152 Å². The molecule has 3 heterocycles. The van der Waals surface area contributed by atoms with Crippen LogP contribution in [-0.2, 0) is 0 Å². The molecule has 2 nitrogen and oxygen atoms in total. The van der Waals surface area contributed by atoms with Crippen molar-refractivity contribution in [3.05, 3.63) is 246 Å². The van der Waals surface area contributed by atoms with Gasteiger partial charge in [0, 0.05) is 62.8 Å². The molecule has 8 aromatic carbocycles. The number of rotatable bonds is 17. The minimum absolute atomic E-state index is 0.370. The average molecular weight is 1040 g/mol.